The summed E-state index contributed by atoms with van der Waals surface area (Å²) in [6, 6.07) is 0. The molecule has 0 radical (unpaired) electrons. The largest absolute Gasteiger partial charge is 0.508 e. The van der Waals surface area contributed by atoms with E-state index in [0.29, 0.717) is 6.61 Å². The molecule has 0 saturated carbocycles. The second-order valence-corrected chi connectivity index (χ2v) is 4.62. The molecule has 3 nitrogen and oxygen atoms in total. The second kappa shape index (κ2) is 13.2. The summed E-state index contributed by atoms with van der Waals surface area (Å²) >= 11 is 0. The molecule has 0 aliphatic rings. The number of ether oxygens (including phenoxy) is 2. The average Bonchev–Trinajstić information content (AvgIpc) is 2.38. The second-order valence-electron chi connectivity index (χ2n) is 4.62. The van der Waals surface area contributed by atoms with E-state index < -0.39 is 6.16 Å². The van der Waals surface area contributed by atoms with Crippen LogP contribution in [-0.2, 0) is 9.47 Å². The van der Waals surface area contributed by atoms with Crippen molar-refractivity contribution in [2.45, 2.75) is 71.3 Å². The average molecular weight is 268 g/mol. The predicted molar refractivity (Wildman–Crippen MR) is 78.2 cm³/mol. The molecule has 19 heavy (non-hydrogen) atoms. The van der Waals surface area contributed by atoms with Crippen molar-refractivity contribution in [2.24, 2.45) is 0 Å². The lowest BCUT2D eigenvalue weighted by Gasteiger charge is -2.12. The molecule has 0 aromatic rings. The molecule has 0 rings (SSSR count). The first kappa shape index (κ1) is 17.8. The van der Waals surface area contributed by atoms with Crippen molar-refractivity contribution in [1.82, 2.24) is 0 Å². The molecule has 0 aromatic heterocycles. The maximum atomic E-state index is 11.2. The van der Waals surface area contributed by atoms with Gasteiger partial charge in [0.05, 0.1) is 6.61 Å². The minimum atomic E-state index is -0.609. The van der Waals surface area contributed by atoms with Crippen LogP contribution >= 0.6 is 0 Å². The number of carbonyl (C=O) groups excluding carboxylic acids is 1. The van der Waals surface area contributed by atoms with Gasteiger partial charge in [0, 0.05) is 0 Å². The van der Waals surface area contributed by atoms with Crippen LogP contribution in [0.5, 0.6) is 0 Å². The van der Waals surface area contributed by atoms with E-state index in [0.717, 1.165) is 12.8 Å². The monoisotopic (exact) mass is 268 g/mol. The van der Waals surface area contributed by atoms with Gasteiger partial charge in [0.2, 0.25) is 0 Å². The predicted octanol–water partition coefficient (Wildman–Crippen LogP) is 5.01. The Hall–Kier alpha value is -1.21. The normalized spacial score (nSPS) is 11.5. The van der Waals surface area contributed by atoms with Crippen LogP contribution in [0.15, 0.2) is 18.4 Å². The van der Waals surface area contributed by atoms with Gasteiger partial charge in [0.15, 0.2) is 0 Å². The van der Waals surface area contributed by atoms with Gasteiger partial charge in [-0.25, -0.2) is 4.79 Å². The quantitative estimate of drug-likeness (QED) is 0.300. The summed E-state index contributed by atoms with van der Waals surface area (Å²) in [5.74, 6) is 0. The van der Waals surface area contributed by atoms with Crippen molar-refractivity contribution in [2.75, 3.05) is 6.61 Å². The third-order valence-corrected chi connectivity index (χ3v) is 2.91. The lowest BCUT2D eigenvalue weighted by atomic mass is 10.1. The van der Waals surface area contributed by atoms with E-state index in [9.17, 15) is 4.79 Å². The van der Waals surface area contributed by atoms with Gasteiger partial charge < -0.3 is 9.47 Å². The van der Waals surface area contributed by atoms with Crippen molar-refractivity contribution in [3.05, 3.63) is 18.4 Å². The standard InChI is InChI=1S/C16H28O3/c1-4-7-8-9-10-11-12-14-15(13-5-2)19-16(17)18-6-3/h13,15H,2,4,6-12,14H2,1,3H3. The van der Waals surface area contributed by atoms with Crippen molar-refractivity contribution >= 4 is 6.16 Å². The number of carbonyl (C=O) groups is 1. The van der Waals surface area contributed by atoms with Crippen LogP contribution in [0.1, 0.15) is 65.2 Å². The number of hydrogen-bond acceptors (Lipinski definition) is 3. The van der Waals surface area contributed by atoms with Crippen molar-refractivity contribution < 1.29 is 14.3 Å². The first-order valence-electron chi connectivity index (χ1n) is 7.43. The van der Waals surface area contributed by atoms with Crippen molar-refractivity contribution in [3.8, 4) is 0 Å². The Balaban J connectivity index is 3.70. The van der Waals surface area contributed by atoms with E-state index in [1.807, 2.05) is 0 Å². The van der Waals surface area contributed by atoms with Gasteiger partial charge in [-0.05, 0) is 25.8 Å². The van der Waals surface area contributed by atoms with Crippen LogP contribution in [0.25, 0.3) is 0 Å². The van der Waals surface area contributed by atoms with Crippen molar-refractivity contribution in [1.29, 1.82) is 0 Å². The lowest BCUT2D eigenvalue weighted by Crippen LogP contribution is -2.17. The summed E-state index contributed by atoms with van der Waals surface area (Å²) in [6.07, 6.45) is 10.3. The van der Waals surface area contributed by atoms with Gasteiger partial charge in [-0.3, -0.25) is 0 Å². The summed E-state index contributed by atoms with van der Waals surface area (Å²) in [7, 11) is 0. The van der Waals surface area contributed by atoms with Crippen LogP contribution in [0.3, 0.4) is 0 Å². The third kappa shape index (κ3) is 11.6. The SMILES string of the molecule is C=C=CC(CCCCCCCCC)OC(=O)OCC. The Morgan fingerprint density at radius 3 is 2.37 bits per heavy atom. The molecule has 0 aromatic carbocycles. The fraction of sp³-hybridized carbons (Fsp3) is 0.750. The zero-order valence-corrected chi connectivity index (χ0v) is 12.5. The summed E-state index contributed by atoms with van der Waals surface area (Å²) in [5, 5.41) is 0. The summed E-state index contributed by atoms with van der Waals surface area (Å²) in [6.45, 7) is 7.83. The Morgan fingerprint density at radius 1 is 1.16 bits per heavy atom. The molecule has 0 saturated heterocycles. The summed E-state index contributed by atoms with van der Waals surface area (Å²) in [5.41, 5.74) is 2.68. The fourth-order valence-corrected chi connectivity index (χ4v) is 1.89. The topological polar surface area (TPSA) is 35.5 Å². The fourth-order valence-electron chi connectivity index (χ4n) is 1.89. The van der Waals surface area contributed by atoms with Crippen LogP contribution in [-0.4, -0.2) is 18.9 Å². The number of hydrogen-bond donors (Lipinski definition) is 0. The minimum absolute atomic E-state index is 0.257. The van der Waals surface area contributed by atoms with Gasteiger partial charge in [-0.1, -0.05) is 52.0 Å². The van der Waals surface area contributed by atoms with E-state index in [1.165, 1.54) is 38.5 Å². The highest BCUT2D eigenvalue weighted by Crippen LogP contribution is 2.12. The molecular formula is C16H28O3. The molecule has 0 aliphatic carbocycles. The molecular weight excluding hydrogens is 240 g/mol. The first-order chi connectivity index (χ1) is 9.24. The Morgan fingerprint density at radius 2 is 1.79 bits per heavy atom. The van der Waals surface area contributed by atoms with E-state index in [2.05, 4.69) is 19.2 Å². The van der Waals surface area contributed by atoms with Crippen LogP contribution in [0, 0.1) is 0 Å². The maximum absolute atomic E-state index is 11.2. The summed E-state index contributed by atoms with van der Waals surface area (Å²) in [4.78, 5) is 11.2. The smallest absolute Gasteiger partial charge is 0.435 e. The summed E-state index contributed by atoms with van der Waals surface area (Å²) < 4.78 is 9.92. The molecule has 0 fully saturated rings. The Bertz CT molecular complexity index is 267. The first-order valence-corrected chi connectivity index (χ1v) is 7.43. The molecule has 0 amide bonds. The third-order valence-electron chi connectivity index (χ3n) is 2.91. The highest BCUT2D eigenvalue weighted by Gasteiger charge is 2.11. The molecule has 3 heteroatoms. The van der Waals surface area contributed by atoms with Gasteiger partial charge >= 0.3 is 6.16 Å². The van der Waals surface area contributed by atoms with Gasteiger partial charge in [-0.15, -0.1) is 5.73 Å². The highest BCUT2D eigenvalue weighted by atomic mass is 16.7. The van der Waals surface area contributed by atoms with E-state index >= 15 is 0 Å². The van der Waals surface area contributed by atoms with Crippen LogP contribution in [0.4, 0.5) is 4.79 Å². The molecule has 0 spiro atoms. The van der Waals surface area contributed by atoms with Gasteiger partial charge in [-0.2, -0.15) is 0 Å². The molecule has 1 atom stereocenters. The molecule has 110 valence electrons. The molecule has 0 aliphatic heterocycles. The number of rotatable bonds is 11. The van der Waals surface area contributed by atoms with Crippen molar-refractivity contribution in [3.63, 3.8) is 0 Å². The minimum Gasteiger partial charge on any atom is -0.435 e. The van der Waals surface area contributed by atoms with E-state index in [1.54, 1.807) is 13.0 Å². The van der Waals surface area contributed by atoms with E-state index in [-0.39, 0.29) is 6.10 Å². The highest BCUT2D eigenvalue weighted by molar-refractivity contribution is 5.60. The Kier molecular flexibility index (Phi) is 12.4. The van der Waals surface area contributed by atoms with E-state index in [4.69, 9.17) is 9.47 Å². The molecule has 0 heterocycles. The maximum Gasteiger partial charge on any atom is 0.508 e. The zero-order valence-electron chi connectivity index (χ0n) is 12.5. The molecule has 0 N–H and O–H groups in total. The van der Waals surface area contributed by atoms with Crippen LogP contribution < -0.4 is 0 Å². The Labute approximate surface area is 117 Å². The zero-order chi connectivity index (χ0) is 14.3. The molecule has 0 bridgehead atoms. The van der Waals surface area contributed by atoms with Crippen LogP contribution in [0.2, 0.25) is 0 Å². The molecule has 1 unspecified atom stereocenters. The van der Waals surface area contributed by atoms with Gasteiger partial charge in [0.25, 0.3) is 0 Å². The number of unbranched alkanes of at least 4 members (excludes halogenated alkanes) is 6. The lowest BCUT2D eigenvalue weighted by molar-refractivity contribution is 0.0376. The van der Waals surface area contributed by atoms with Gasteiger partial charge in [0.1, 0.15) is 6.10 Å².